The molecule has 2 aliphatic rings. The number of aryl methyl sites for hydroxylation is 1. The fourth-order valence-corrected chi connectivity index (χ4v) is 3.13. The largest absolute Gasteiger partial charge is 0.475 e. The van der Waals surface area contributed by atoms with Crippen LogP contribution in [0, 0.1) is 6.92 Å². The van der Waals surface area contributed by atoms with Crippen molar-refractivity contribution in [3.63, 3.8) is 0 Å². The van der Waals surface area contributed by atoms with Gasteiger partial charge in [-0.2, -0.15) is 0 Å². The number of hydrogen-bond acceptors (Lipinski definition) is 4. The van der Waals surface area contributed by atoms with Gasteiger partial charge in [-0.3, -0.25) is 9.69 Å². The fraction of sp³-hybridized carbons (Fsp3) is 0.571. The molecule has 0 aromatic carbocycles. The van der Waals surface area contributed by atoms with E-state index < -0.39 is 5.97 Å². The SMILES string of the molecule is Cc1cc(CN2CCN3C(=O)CCC3C2)oc1C(=O)O. The first kappa shape index (κ1) is 13.2. The maximum Gasteiger partial charge on any atom is 0.372 e. The lowest BCUT2D eigenvalue weighted by Crippen LogP contribution is -2.50. The lowest BCUT2D eigenvalue weighted by Gasteiger charge is -2.37. The number of carboxylic acids is 1. The highest BCUT2D eigenvalue weighted by molar-refractivity contribution is 5.86. The highest BCUT2D eigenvalue weighted by atomic mass is 16.4. The lowest BCUT2D eigenvalue weighted by atomic mass is 10.1. The van der Waals surface area contributed by atoms with Crippen molar-refractivity contribution >= 4 is 11.9 Å². The van der Waals surface area contributed by atoms with Crippen molar-refractivity contribution < 1.29 is 19.1 Å². The van der Waals surface area contributed by atoms with Crippen LogP contribution in [0.1, 0.15) is 34.7 Å². The maximum atomic E-state index is 11.6. The van der Waals surface area contributed by atoms with E-state index in [9.17, 15) is 9.59 Å². The first-order valence-electron chi connectivity index (χ1n) is 6.89. The number of hydrogen-bond donors (Lipinski definition) is 1. The highest BCUT2D eigenvalue weighted by Gasteiger charge is 2.35. The van der Waals surface area contributed by atoms with Crippen molar-refractivity contribution in [1.29, 1.82) is 0 Å². The summed E-state index contributed by atoms with van der Waals surface area (Å²) in [5.74, 6) is -0.0658. The van der Waals surface area contributed by atoms with Crippen molar-refractivity contribution in [3.8, 4) is 0 Å². The second-order valence-electron chi connectivity index (χ2n) is 5.54. The van der Waals surface area contributed by atoms with Crippen LogP contribution >= 0.6 is 0 Å². The Labute approximate surface area is 117 Å². The van der Waals surface area contributed by atoms with Gasteiger partial charge in [0.1, 0.15) is 5.76 Å². The minimum Gasteiger partial charge on any atom is -0.475 e. The van der Waals surface area contributed by atoms with Crippen LogP contribution in [0.3, 0.4) is 0 Å². The summed E-state index contributed by atoms with van der Waals surface area (Å²) in [6.07, 6.45) is 1.58. The van der Waals surface area contributed by atoms with Crippen molar-refractivity contribution in [2.45, 2.75) is 32.4 Å². The molecule has 1 N–H and O–H groups in total. The minimum atomic E-state index is -1.03. The molecule has 1 aromatic heterocycles. The first-order valence-corrected chi connectivity index (χ1v) is 6.89. The molecule has 6 nitrogen and oxygen atoms in total. The van der Waals surface area contributed by atoms with Gasteiger partial charge in [-0.05, 0) is 19.4 Å². The van der Waals surface area contributed by atoms with E-state index in [1.807, 2.05) is 4.90 Å². The molecule has 1 atom stereocenters. The standard InChI is InChI=1S/C14H18N2O4/c1-9-6-11(20-13(9)14(18)19)8-15-4-5-16-10(7-15)2-3-12(16)17/h6,10H,2-5,7-8H2,1H3,(H,18,19). The Bertz CT molecular complexity index is 551. The first-order chi connectivity index (χ1) is 9.54. The average Bonchev–Trinajstić information content (AvgIpc) is 2.94. The third-order valence-corrected chi connectivity index (χ3v) is 4.12. The Kier molecular flexibility index (Phi) is 3.25. The molecule has 6 heteroatoms. The van der Waals surface area contributed by atoms with Crippen LogP contribution in [0.25, 0.3) is 0 Å². The molecule has 1 unspecified atom stereocenters. The minimum absolute atomic E-state index is 0.0229. The molecule has 0 bridgehead atoms. The quantitative estimate of drug-likeness (QED) is 0.896. The molecule has 1 amide bonds. The molecular weight excluding hydrogens is 260 g/mol. The smallest absolute Gasteiger partial charge is 0.372 e. The highest BCUT2D eigenvalue weighted by Crippen LogP contribution is 2.24. The molecule has 0 saturated carbocycles. The second kappa shape index (κ2) is 4.94. The third kappa shape index (κ3) is 2.31. The third-order valence-electron chi connectivity index (χ3n) is 4.12. The number of amides is 1. The van der Waals surface area contributed by atoms with Gasteiger partial charge in [0.2, 0.25) is 11.7 Å². The van der Waals surface area contributed by atoms with E-state index in [0.29, 0.717) is 30.3 Å². The van der Waals surface area contributed by atoms with Gasteiger partial charge >= 0.3 is 5.97 Å². The summed E-state index contributed by atoms with van der Waals surface area (Å²) in [7, 11) is 0. The predicted molar refractivity (Wildman–Crippen MR) is 70.4 cm³/mol. The molecule has 0 radical (unpaired) electrons. The molecular formula is C14H18N2O4. The number of carbonyl (C=O) groups excluding carboxylic acids is 1. The summed E-state index contributed by atoms with van der Waals surface area (Å²) < 4.78 is 5.39. The number of carboxylic acid groups (broad SMARTS) is 1. The fourth-order valence-electron chi connectivity index (χ4n) is 3.13. The molecule has 0 spiro atoms. The van der Waals surface area contributed by atoms with Gasteiger partial charge in [0.15, 0.2) is 0 Å². The average molecular weight is 278 g/mol. The van der Waals surface area contributed by atoms with Crippen molar-refractivity contribution in [3.05, 3.63) is 23.2 Å². The number of nitrogens with zero attached hydrogens (tertiary/aromatic N) is 2. The molecule has 2 fully saturated rings. The van der Waals surface area contributed by atoms with Crippen LogP contribution in [-0.2, 0) is 11.3 Å². The van der Waals surface area contributed by atoms with E-state index in [-0.39, 0.29) is 11.7 Å². The van der Waals surface area contributed by atoms with Crippen LogP contribution in [0.5, 0.6) is 0 Å². The Morgan fingerprint density at radius 2 is 2.30 bits per heavy atom. The number of furan rings is 1. The monoisotopic (exact) mass is 278 g/mol. The summed E-state index contributed by atoms with van der Waals surface area (Å²) in [6, 6.07) is 2.10. The van der Waals surface area contributed by atoms with E-state index in [0.717, 1.165) is 26.1 Å². The van der Waals surface area contributed by atoms with Crippen LogP contribution in [0.4, 0.5) is 0 Å². The van der Waals surface area contributed by atoms with Gasteiger partial charge in [0, 0.05) is 37.7 Å². The van der Waals surface area contributed by atoms with Crippen LogP contribution < -0.4 is 0 Å². The van der Waals surface area contributed by atoms with Crippen molar-refractivity contribution in [2.24, 2.45) is 0 Å². The van der Waals surface area contributed by atoms with E-state index >= 15 is 0 Å². The molecule has 3 heterocycles. The van der Waals surface area contributed by atoms with E-state index in [2.05, 4.69) is 4.90 Å². The molecule has 0 aliphatic carbocycles. The Morgan fingerprint density at radius 1 is 1.50 bits per heavy atom. The van der Waals surface area contributed by atoms with Crippen molar-refractivity contribution in [2.75, 3.05) is 19.6 Å². The predicted octanol–water partition coefficient (Wildman–Crippen LogP) is 1.09. The van der Waals surface area contributed by atoms with Gasteiger partial charge in [-0.1, -0.05) is 0 Å². The molecule has 2 aliphatic heterocycles. The van der Waals surface area contributed by atoms with Crippen LogP contribution in [0.2, 0.25) is 0 Å². The molecule has 2 saturated heterocycles. The summed E-state index contributed by atoms with van der Waals surface area (Å²) in [5.41, 5.74) is 0.655. The molecule has 20 heavy (non-hydrogen) atoms. The molecule has 108 valence electrons. The Morgan fingerprint density at radius 3 is 3.00 bits per heavy atom. The van der Waals surface area contributed by atoms with E-state index in [4.69, 9.17) is 9.52 Å². The van der Waals surface area contributed by atoms with Crippen LogP contribution in [0.15, 0.2) is 10.5 Å². The Balaban J connectivity index is 1.66. The second-order valence-corrected chi connectivity index (χ2v) is 5.54. The summed E-state index contributed by atoms with van der Waals surface area (Å²) in [4.78, 5) is 26.8. The zero-order valence-corrected chi connectivity index (χ0v) is 11.5. The number of rotatable bonds is 3. The number of piperazine rings is 1. The van der Waals surface area contributed by atoms with Gasteiger partial charge in [-0.25, -0.2) is 4.79 Å². The topological polar surface area (TPSA) is 74.0 Å². The maximum absolute atomic E-state index is 11.6. The van der Waals surface area contributed by atoms with E-state index in [1.165, 1.54) is 0 Å². The zero-order valence-electron chi connectivity index (χ0n) is 11.5. The van der Waals surface area contributed by atoms with E-state index in [1.54, 1.807) is 13.0 Å². The molecule has 3 rings (SSSR count). The lowest BCUT2D eigenvalue weighted by molar-refractivity contribution is -0.130. The number of fused-ring (bicyclic) bond motifs is 1. The number of carbonyl (C=O) groups is 2. The van der Waals surface area contributed by atoms with Gasteiger partial charge in [0.05, 0.1) is 6.54 Å². The van der Waals surface area contributed by atoms with Gasteiger partial charge in [0.25, 0.3) is 0 Å². The summed E-state index contributed by atoms with van der Waals surface area (Å²) >= 11 is 0. The zero-order chi connectivity index (χ0) is 14.3. The summed E-state index contributed by atoms with van der Waals surface area (Å²) in [5, 5.41) is 8.99. The van der Waals surface area contributed by atoms with Crippen molar-refractivity contribution in [1.82, 2.24) is 9.80 Å². The molecule has 1 aromatic rings. The van der Waals surface area contributed by atoms with Crippen LogP contribution in [-0.4, -0.2) is 52.5 Å². The van der Waals surface area contributed by atoms with Gasteiger partial charge < -0.3 is 14.4 Å². The number of aromatic carboxylic acids is 1. The Hall–Kier alpha value is -1.82. The normalized spacial score (nSPS) is 23.1. The summed E-state index contributed by atoms with van der Waals surface area (Å²) in [6.45, 7) is 4.75. The van der Waals surface area contributed by atoms with Gasteiger partial charge in [-0.15, -0.1) is 0 Å².